The highest BCUT2D eigenvalue weighted by atomic mass is 16.3. The van der Waals surface area contributed by atoms with Crippen molar-refractivity contribution in [2.45, 2.75) is 50.7 Å². The van der Waals surface area contributed by atoms with E-state index in [0.717, 1.165) is 19.4 Å². The molecule has 0 spiro atoms. The molecule has 3 nitrogen and oxygen atoms in total. The number of hydrogen-bond donors (Lipinski definition) is 3. The molecule has 1 heterocycles. The van der Waals surface area contributed by atoms with Crippen molar-refractivity contribution in [1.29, 1.82) is 0 Å². The average Bonchev–Trinajstić information content (AvgIpc) is 2.19. The van der Waals surface area contributed by atoms with Crippen LogP contribution in [-0.4, -0.2) is 35.0 Å². The molecule has 0 aromatic rings. The molecular formula is C10H21NO2. The van der Waals surface area contributed by atoms with Crippen LogP contribution in [0.2, 0.25) is 0 Å². The van der Waals surface area contributed by atoms with E-state index in [1.54, 1.807) is 0 Å². The fourth-order valence-corrected chi connectivity index (χ4v) is 2.21. The topological polar surface area (TPSA) is 52.5 Å². The lowest BCUT2D eigenvalue weighted by Crippen LogP contribution is -2.56. The van der Waals surface area contributed by atoms with Crippen LogP contribution in [0.3, 0.4) is 0 Å². The minimum absolute atomic E-state index is 0.0740. The van der Waals surface area contributed by atoms with Crippen LogP contribution in [0, 0.1) is 0 Å². The first kappa shape index (κ1) is 11.0. The minimum atomic E-state index is -0.400. The average molecular weight is 187 g/mol. The Labute approximate surface area is 80.2 Å². The van der Waals surface area contributed by atoms with Gasteiger partial charge < -0.3 is 15.5 Å². The Morgan fingerprint density at radius 2 is 2.23 bits per heavy atom. The Morgan fingerprint density at radius 1 is 1.46 bits per heavy atom. The number of rotatable bonds is 4. The van der Waals surface area contributed by atoms with Gasteiger partial charge >= 0.3 is 0 Å². The van der Waals surface area contributed by atoms with Gasteiger partial charge in [-0.2, -0.15) is 0 Å². The van der Waals surface area contributed by atoms with Crippen LogP contribution in [0.1, 0.15) is 39.0 Å². The van der Waals surface area contributed by atoms with Gasteiger partial charge in [-0.05, 0) is 32.2 Å². The lowest BCUT2D eigenvalue weighted by molar-refractivity contribution is 0.0203. The zero-order valence-corrected chi connectivity index (χ0v) is 8.42. The van der Waals surface area contributed by atoms with Gasteiger partial charge in [0.25, 0.3) is 0 Å². The van der Waals surface area contributed by atoms with Crippen LogP contribution in [0.25, 0.3) is 0 Å². The molecule has 78 valence electrons. The summed E-state index contributed by atoms with van der Waals surface area (Å²) in [5.41, 5.74) is -0.124. The summed E-state index contributed by atoms with van der Waals surface area (Å²) < 4.78 is 0. The molecule has 0 amide bonds. The first-order valence-corrected chi connectivity index (χ1v) is 5.29. The van der Waals surface area contributed by atoms with Gasteiger partial charge in [0.1, 0.15) is 0 Å². The zero-order valence-electron chi connectivity index (χ0n) is 8.42. The number of nitrogens with one attached hydrogen (secondary N) is 1. The first-order chi connectivity index (χ1) is 6.25. The summed E-state index contributed by atoms with van der Waals surface area (Å²) in [5.74, 6) is 0. The summed E-state index contributed by atoms with van der Waals surface area (Å²) in [6.07, 6.45) is 4.44. The van der Waals surface area contributed by atoms with Gasteiger partial charge in [-0.3, -0.25) is 0 Å². The van der Waals surface area contributed by atoms with E-state index in [1.807, 2.05) is 0 Å². The van der Waals surface area contributed by atoms with Gasteiger partial charge in [0.2, 0.25) is 0 Å². The van der Waals surface area contributed by atoms with Crippen molar-refractivity contribution in [2.24, 2.45) is 0 Å². The first-order valence-electron chi connectivity index (χ1n) is 5.29. The molecular weight excluding hydrogens is 166 g/mol. The van der Waals surface area contributed by atoms with Crippen LogP contribution < -0.4 is 5.32 Å². The highest BCUT2D eigenvalue weighted by molar-refractivity contribution is 4.95. The second kappa shape index (κ2) is 4.94. The van der Waals surface area contributed by atoms with E-state index in [4.69, 9.17) is 5.11 Å². The van der Waals surface area contributed by atoms with E-state index >= 15 is 0 Å². The SMILES string of the molecule is CCC1(C(O)CCO)CCCCN1. The van der Waals surface area contributed by atoms with Crippen LogP contribution in [0.15, 0.2) is 0 Å². The van der Waals surface area contributed by atoms with E-state index in [-0.39, 0.29) is 12.1 Å². The fraction of sp³-hybridized carbons (Fsp3) is 1.00. The van der Waals surface area contributed by atoms with Gasteiger partial charge in [0.15, 0.2) is 0 Å². The number of aliphatic hydroxyl groups excluding tert-OH is 2. The predicted octanol–water partition coefficient (Wildman–Crippen LogP) is 0.652. The maximum Gasteiger partial charge on any atom is 0.0743 e. The molecule has 1 aliphatic heterocycles. The van der Waals surface area contributed by atoms with Crippen LogP contribution in [-0.2, 0) is 0 Å². The van der Waals surface area contributed by atoms with Crippen molar-refractivity contribution < 1.29 is 10.2 Å². The number of aliphatic hydroxyl groups is 2. The van der Waals surface area contributed by atoms with E-state index in [9.17, 15) is 5.11 Å². The Morgan fingerprint density at radius 3 is 2.69 bits per heavy atom. The third kappa shape index (κ3) is 2.42. The number of piperidine rings is 1. The molecule has 0 bridgehead atoms. The molecule has 0 aromatic carbocycles. The summed E-state index contributed by atoms with van der Waals surface area (Å²) in [4.78, 5) is 0. The highest BCUT2D eigenvalue weighted by Gasteiger charge is 2.36. The minimum Gasteiger partial charge on any atom is -0.396 e. The molecule has 0 radical (unpaired) electrons. The monoisotopic (exact) mass is 187 g/mol. The third-order valence-corrected chi connectivity index (χ3v) is 3.20. The molecule has 0 aromatic heterocycles. The molecule has 0 aliphatic carbocycles. The van der Waals surface area contributed by atoms with E-state index < -0.39 is 6.10 Å². The summed E-state index contributed by atoms with van der Waals surface area (Å²) in [7, 11) is 0. The second-order valence-corrected chi connectivity index (χ2v) is 3.92. The van der Waals surface area contributed by atoms with Gasteiger partial charge in [0.05, 0.1) is 6.10 Å². The van der Waals surface area contributed by atoms with Crippen LogP contribution >= 0.6 is 0 Å². The second-order valence-electron chi connectivity index (χ2n) is 3.92. The third-order valence-electron chi connectivity index (χ3n) is 3.20. The van der Waals surface area contributed by atoms with Gasteiger partial charge in [-0.1, -0.05) is 13.3 Å². The standard InChI is InChI=1S/C10H21NO2/c1-2-10(9(13)5-8-12)6-3-4-7-11-10/h9,11-13H,2-8H2,1H3. The molecule has 1 aliphatic rings. The summed E-state index contributed by atoms with van der Waals surface area (Å²) in [6, 6.07) is 0. The van der Waals surface area contributed by atoms with E-state index in [1.165, 1.54) is 12.8 Å². The number of hydrogen-bond acceptors (Lipinski definition) is 3. The maximum atomic E-state index is 9.90. The molecule has 13 heavy (non-hydrogen) atoms. The van der Waals surface area contributed by atoms with Crippen molar-refractivity contribution in [3.8, 4) is 0 Å². The van der Waals surface area contributed by atoms with Gasteiger partial charge in [0, 0.05) is 12.1 Å². The molecule has 1 saturated heterocycles. The van der Waals surface area contributed by atoms with E-state index in [2.05, 4.69) is 12.2 Å². The van der Waals surface area contributed by atoms with Crippen molar-refractivity contribution in [3.05, 3.63) is 0 Å². The molecule has 1 rings (SSSR count). The van der Waals surface area contributed by atoms with Crippen molar-refractivity contribution in [2.75, 3.05) is 13.2 Å². The molecule has 3 N–H and O–H groups in total. The Kier molecular flexibility index (Phi) is 4.16. The van der Waals surface area contributed by atoms with E-state index in [0.29, 0.717) is 6.42 Å². The Bertz CT molecular complexity index is 144. The molecule has 2 atom stereocenters. The zero-order chi connectivity index (χ0) is 9.73. The van der Waals surface area contributed by atoms with Crippen LogP contribution in [0.4, 0.5) is 0 Å². The van der Waals surface area contributed by atoms with Crippen molar-refractivity contribution >= 4 is 0 Å². The molecule has 2 unspecified atom stereocenters. The predicted molar refractivity (Wildman–Crippen MR) is 52.6 cm³/mol. The summed E-state index contributed by atoms with van der Waals surface area (Å²) in [6.45, 7) is 3.17. The lowest BCUT2D eigenvalue weighted by Gasteiger charge is -2.41. The highest BCUT2D eigenvalue weighted by Crippen LogP contribution is 2.27. The van der Waals surface area contributed by atoms with Crippen molar-refractivity contribution in [3.63, 3.8) is 0 Å². The quantitative estimate of drug-likeness (QED) is 0.606. The fourth-order valence-electron chi connectivity index (χ4n) is 2.21. The van der Waals surface area contributed by atoms with Gasteiger partial charge in [-0.15, -0.1) is 0 Å². The normalized spacial score (nSPS) is 31.6. The Balaban J connectivity index is 2.55. The molecule has 1 fully saturated rings. The summed E-state index contributed by atoms with van der Waals surface area (Å²) in [5, 5.41) is 22.1. The smallest absolute Gasteiger partial charge is 0.0743 e. The Hall–Kier alpha value is -0.120. The summed E-state index contributed by atoms with van der Waals surface area (Å²) >= 11 is 0. The maximum absolute atomic E-state index is 9.90. The molecule has 0 saturated carbocycles. The van der Waals surface area contributed by atoms with Crippen LogP contribution in [0.5, 0.6) is 0 Å². The molecule has 3 heteroatoms. The van der Waals surface area contributed by atoms with Gasteiger partial charge in [-0.25, -0.2) is 0 Å². The largest absolute Gasteiger partial charge is 0.396 e. The van der Waals surface area contributed by atoms with Crippen molar-refractivity contribution in [1.82, 2.24) is 5.32 Å². The lowest BCUT2D eigenvalue weighted by atomic mass is 9.80.